The molecule has 2 rings (SSSR count). The van der Waals surface area contributed by atoms with Gasteiger partial charge in [-0.15, -0.1) is 0 Å². The number of nitrogens with zero attached hydrogens (tertiary/aromatic N) is 1. The number of hydrogen-bond donors (Lipinski definition) is 1. The molecule has 1 heterocycles. The van der Waals surface area contributed by atoms with Crippen molar-refractivity contribution in [2.45, 2.75) is 91.6 Å². The first kappa shape index (κ1) is 17.3. The highest BCUT2D eigenvalue weighted by Crippen LogP contribution is 2.36. The van der Waals surface area contributed by atoms with Gasteiger partial charge < -0.3 is 5.32 Å². The number of nitrogens with one attached hydrogen (secondary N) is 1. The Labute approximate surface area is 133 Å². The average molecular weight is 295 g/mol. The molecule has 2 aliphatic rings. The van der Waals surface area contributed by atoms with Gasteiger partial charge in [0.25, 0.3) is 0 Å². The number of piperazine rings is 1. The van der Waals surface area contributed by atoms with E-state index in [2.05, 4.69) is 51.8 Å². The fourth-order valence-electron chi connectivity index (χ4n) is 4.13. The van der Waals surface area contributed by atoms with Crippen LogP contribution in [0.1, 0.15) is 80.1 Å². The third-order valence-corrected chi connectivity index (χ3v) is 5.58. The van der Waals surface area contributed by atoms with Gasteiger partial charge in [-0.2, -0.15) is 0 Å². The summed E-state index contributed by atoms with van der Waals surface area (Å²) < 4.78 is 0. The van der Waals surface area contributed by atoms with Crippen LogP contribution in [0.25, 0.3) is 0 Å². The summed E-state index contributed by atoms with van der Waals surface area (Å²) in [5.41, 5.74) is 1.23. The standard InChI is InChI=1S/C19H38N2/c1-17(2,3)12-13-21-15-19(10-8-7-9-11-19)20-14-16(21)18(4,5)6/h16,20H,7-15H2,1-6H3. The highest BCUT2D eigenvalue weighted by atomic mass is 15.3. The molecule has 2 nitrogen and oxygen atoms in total. The van der Waals surface area contributed by atoms with Crippen molar-refractivity contribution in [3.63, 3.8) is 0 Å². The zero-order valence-electron chi connectivity index (χ0n) is 15.4. The van der Waals surface area contributed by atoms with Gasteiger partial charge in [0.1, 0.15) is 0 Å². The minimum atomic E-state index is 0.362. The van der Waals surface area contributed by atoms with Gasteiger partial charge in [0.05, 0.1) is 0 Å². The average Bonchev–Trinajstić information content (AvgIpc) is 2.35. The van der Waals surface area contributed by atoms with Gasteiger partial charge in [0.15, 0.2) is 0 Å². The van der Waals surface area contributed by atoms with E-state index in [1.807, 2.05) is 0 Å². The maximum Gasteiger partial charge on any atom is 0.0309 e. The van der Waals surface area contributed by atoms with E-state index in [0.717, 1.165) is 0 Å². The summed E-state index contributed by atoms with van der Waals surface area (Å²) in [5.74, 6) is 0. The third kappa shape index (κ3) is 4.69. The molecule has 0 radical (unpaired) electrons. The van der Waals surface area contributed by atoms with Crippen LogP contribution < -0.4 is 5.32 Å². The fraction of sp³-hybridized carbons (Fsp3) is 1.00. The third-order valence-electron chi connectivity index (χ3n) is 5.58. The van der Waals surface area contributed by atoms with Crippen LogP contribution in [0, 0.1) is 10.8 Å². The van der Waals surface area contributed by atoms with Crippen molar-refractivity contribution in [2.24, 2.45) is 10.8 Å². The molecule has 1 saturated heterocycles. The molecule has 0 aromatic carbocycles. The van der Waals surface area contributed by atoms with Crippen molar-refractivity contribution in [1.82, 2.24) is 10.2 Å². The predicted molar refractivity (Wildman–Crippen MR) is 92.7 cm³/mol. The molecule has 2 fully saturated rings. The SMILES string of the molecule is CC(C)(C)CCN1CC2(CCCCC2)NCC1C(C)(C)C. The Morgan fingerprint density at radius 2 is 1.62 bits per heavy atom. The van der Waals surface area contributed by atoms with Crippen molar-refractivity contribution < 1.29 is 0 Å². The van der Waals surface area contributed by atoms with Crippen LogP contribution in [0.3, 0.4) is 0 Å². The minimum absolute atomic E-state index is 0.362. The highest BCUT2D eigenvalue weighted by molar-refractivity contribution is 5.02. The molecule has 124 valence electrons. The Bertz CT molecular complexity index is 328. The summed E-state index contributed by atoms with van der Waals surface area (Å²) in [6.07, 6.45) is 8.34. The predicted octanol–water partition coefficient (Wildman–Crippen LogP) is 4.45. The van der Waals surface area contributed by atoms with Crippen LogP contribution in [-0.2, 0) is 0 Å². The molecule has 0 aromatic heterocycles. The molecule has 21 heavy (non-hydrogen) atoms. The summed E-state index contributed by atoms with van der Waals surface area (Å²) >= 11 is 0. The first-order chi connectivity index (χ1) is 9.61. The molecule has 0 bridgehead atoms. The summed E-state index contributed by atoms with van der Waals surface area (Å²) in [5, 5.41) is 3.98. The Morgan fingerprint density at radius 1 is 1.00 bits per heavy atom. The lowest BCUT2D eigenvalue weighted by Crippen LogP contribution is -2.67. The quantitative estimate of drug-likeness (QED) is 0.809. The molecule has 2 heteroatoms. The van der Waals surface area contributed by atoms with Gasteiger partial charge in [0, 0.05) is 24.7 Å². The zero-order valence-corrected chi connectivity index (χ0v) is 15.4. The summed E-state index contributed by atoms with van der Waals surface area (Å²) in [7, 11) is 0. The molecule has 1 aliphatic carbocycles. The first-order valence-electron chi connectivity index (χ1n) is 9.11. The van der Waals surface area contributed by atoms with Crippen LogP contribution in [0.4, 0.5) is 0 Å². The molecule has 1 saturated carbocycles. The fourth-order valence-corrected chi connectivity index (χ4v) is 4.13. The maximum absolute atomic E-state index is 3.98. The van der Waals surface area contributed by atoms with Crippen molar-refractivity contribution in [1.29, 1.82) is 0 Å². The first-order valence-corrected chi connectivity index (χ1v) is 9.11. The zero-order chi connectivity index (χ0) is 15.7. The molecular weight excluding hydrogens is 256 g/mol. The Morgan fingerprint density at radius 3 is 2.14 bits per heavy atom. The van der Waals surface area contributed by atoms with Gasteiger partial charge in [-0.05, 0) is 36.6 Å². The molecule has 0 amide bonds. The van der Waals surface area contributed by atoms with E-state index < -0.39 is 0 Å². The van der Waals surface area contributed by atoms with E-state index in [-0.39, 0.29) is 0 Å². The monoisotopic (exact) mass is 294 g/mol. The van der Waals surface area contributed by atoms with Gasteiger partial charge in [-0.1, -0.05) is 60.8 Å². The van der Waals surface area contributed by atoms with Crippen molar-refractivity contribution in [3.05, 3.63) is 0 Å². The molecule has 1 spiro atoms. The summed E-state index contributed by atoms with van der Waals surface area (Å²) in [4.78, 5) is 2.83. The van der Waals surface area contributed by atoms with Gasteiger partial charge >= 0.3 is 0 Å². The van der Waals surface area contributed by atoms with E-state index in [1.54, 1.807) is 0 Å². The Hall–Kier alpha value is -0.0800. The van der Waals surface area contributed by atoms with Crippen LogP contribution in [0.5, 0.6) is 0 Å². The summed E-state index contributed by atoms with van der Waals surface area (Å²) in [6.45, 7) is 18.0. The lowest BCUT2D eigenvalue weighted by atomic mass is 9.75. The minimum Gasteiger partial charge on any atom is -0.308 e. The topological polar surface area (TPSA) is 15.3 Å². The second kappa shape index (κ2) is 6.20. The maximum atomic E-state index is 3.98. The van der Waals surface area contributed by atoms with Gasteiger partial charge in [-0.25, -0.2) is 0 Å². The van der Waals surface area contributed by atoms with Gasteiger partial charge in [0.2, 0.25) is 0 Å². The normalized spacial score (nSPS) is 28.0. The number of hydrogen-bond acceptors (Lipinski definition) is 2. The Kier molecular flexibility index (Phi) is 5.10. The van der Waals surface area contributed by atoms with Crippen molar-refractivity contribution in [3.8, 4) is 0 Å². The van der Waals surface area contributed by atoms with Crippen LogP contribution in [0.15, 0.2) is 0 Å². The van der Waals surface area contributed by atoms with Gasteiger partial charge in [-0.3, -0.25) is 4.90 Å². The lowest BCUT2D eigenvalue weighted by molar-refractivity contribution is 0.00291. The molecule has 1 aliphatic heterocycles. The molecular formula is C19H38N2. The van der Waals surface area contributed by atoms with Crippen molar-refractivity contribution >= 4 is 0 Å². The van der Waals surface area contributed by atoms with Crippen LogP contribution >= 0.6 is 0 Å². The molecule has 1 atom stereocenters. The largest absolute Gasteiger partial charge is 0.308 e. The molecule has 0 aromatic rings. The summed E-state index contributed by atoms with van der Waals surface area (Å²) in [6, 6.07) is 0.674. The Balaban J connectivity index is 2.07. The second-order valence-electron chi connectivity index (χ2n) is 9.88. The molecule has 1 N–H and O–H groups in total. The van der Waals surface area contributed by atoms with Crippen molar-refractivity contribution in [2.75, 3.05) is 19.6 Å². The number of rotatable bonds is 2. The van der Waals surface area contributed by atoms with E-state index in [4.69, 9.17) is 0 Å². The van der Waals surface area contributed by atoms with E-state index >= 15 is 0 Å². The van der Waals surface area contributed by atoms with Crippen LogP contribution in [-0.4, -0.2) is 36.1 Å². The van der Waals surface area contributed by atoms with E-state index in [1.165, 1.54) is 58.2 Å². The molecule has 1 unspecified atom stereocenters. The van der Waals surface area contributed by atoms with E-state index in [9.17, 15) is 0 Å². The van der Waals surface area contributed by atoms with Crippen LogP contribution in [0.2, 0.25) is 0 Å². The lowest BCUT2D eigenvalue weighted by Gasteiger charge is -2.53. The highest BCUT2D eigenvalue weighted by Gasteiger charge is 2.43. The van der Waals surface area contributed by atoms with E-state index in [0.29, 0.717) is 22.4 Å². The second-order valence-corrected chi connectivity index (χ2v) is 9.88. The smallest absolute Gasteiger partial charge is 0.0309 e.